The van der Waals surface area contributed by atoms with E-state index in [1.807, 2.05) is 55.5 Å². The number of imide groups is 1. The number of hydrogen-bond donors (Lipinski definition) is 3. The van der Waals surface area contributed by atoms with Gasteiger partial charge in [-0.1, -0.05) is 62.7 Å². The van der Waals surface area contributed by atoms with E-state index in [2.05, 4.69) is 10.3 Å². The van der Waals surface area contributed by atoms with E-state index < -0.39 is 41.9 Å². The fraction of sp³-hybridized carbons (Fsp3) is 0.273. The smallest absolute Gasteiger partial charge is 0.332 e. The highest BCUT2D eigenvalue weighted by atomic mass is 16.5. The number of H-pyrrole nitrogens is 1. The summed E-state index contributed by atoms with van der Waals surface area (Å²) in [6.07, 6.45) is 0.844. The maximum Gasteiger partial charge on any atom is 0.332 e. The van der Waals surface area contributed by atoms with Gasteiger partial charge in [-0.3, -0.25) is 14.5 Å². The van der Waals surface area contributed by atoms with Gasteiger partial charge in [0.15, 0.2) is 0 Å². The molecule has 1 fully saturated rings. The van der Waals surface area contributed by atoms with Crippen LogP contribution in [0.3, 0.4) is 0 Å². The van der Waals surface area contributed by atoms with Crippen molar-refractivity contribution < 1.29 is 29.0 Å². The number of hydrogen-bond acceptors (Lipinski definition) is 5. The molecule has 0 spiro atoms. The molecule has 220 valence electrons. The fourth-order valence-electron chi connectivity index (χ4n) is 6.19. The third-order valence-electron chi connectivity index (χ3n) is 8.64. The van der Waals surface area contributed by atoms with Crippen molar-refractivity contribution in [3.8, 4) is 5.75 Å². The number of nitrogens with one attached hydrogen (secondary N) is 2. The number of carboxylic acid groups (broad SMARTS) is 1. The van der Waals surface area contributed by atoms with Crippen LogP contribution in [0.4, 0.5) is 10.5 Å². The first kappa shape index (κ1) is 28.0. The van der Waals surface area contributed by atoms with Crippen molar-refractivity contribution in [3.63, 3.8) is 0 Å². The Labute approximate surface area is 248 Å². The fourth-order valence-corrected chi connectivity index (χ4v) is 6.19. The van der Waals surface area contributed by atoms with Crippen LogP contribution in [0, 0.1) is 5.92 Å². The van der Waals surface area contributed by atoms with Crippen molar-refractivity contribution >= 4 is 40.4 Å². The lowest BCUT2D eigenvalue weighted by molar-refractivity contribution is -0.140. The number of para-hydroxylation sites is 2. The SMILES string of the molecule is CC[C@H](C)[C@H](NC(=O)c1ccccc1N1C(=O)[C@@H]2Cc3c([nH]c4ccccc34)[C@@H](c3ccc(OC)cc3)N2C1=O)C(=O)O. The Kier molecular flexibility index (Phi) is 7.13. The van der Waals surface area contributed by atoms with Crippen molar-refractivity contribution in [2.24, 2.45) is 5.92 Å². The molecule has 3 aromatic carbocycles. The molecule has 4 atom stereocenters. The second-order valence-corrected chi connectivity index (χ2v) is 11.0. The molecule has 0 saturated carbocycles. The molecule has 6 rings (SSSR count). The Morgan fingerprint density at radius 1 is 1.05 bits per heavy atom. The first-order valence-electron chi connectivity index (χ1n) is 14.3. The molecule has 4 amide bonds. The number of aromatic nitrogens is 1. The third kappa shape index (κ3) is 4.59. The van der Waals surface area contributed by atoms with E-state index in [-0.39, 0.29) is 17.2 Å². The van der Waals surface area contributed by atoms with E-state index in [0.29, 0.717) is 18.6 Å². The highest BCUT2D eigenvalue weighted by Crippen LogP contribution is 2.45. The van der Waals surface area contributed by atoms with Crippen molar-refractivity contribution in [1.82, 2.24) is 15.2 Å². The number of methoxy groups -OCH3 is 1. The number of nitrogens with zero attached hydrogens (tertiary/aromatic N) is 2. The van der Waals surface area contributed by atoms with Gasteiger partial charge in [-0.25, -0.2) is 14.5 Å². The summed E-state index contributed by atoms with van der Waals surface area (Å²) in [4.78, 5) is 60.0. The van der Waals surface area contributed by atoms with Crippen LogP contribution in [0.15, 0.2) is 72.8 Å². The van der Waals surface area contributed by atoms with E-state index in [0.717, 1.165) is 32.6 Å². The summed E-state index contributed by atoms with van der Waals surface area (Å²) in [5, 5.41) is 13.3. The quantitative estimate of drug-likeness (QED) is 0.254. The average Bonchev–Trinajstić information content (AvgIpc) is 3.52. The molecule has 43 heavy (non-hydrogen) atoms. The number of carbonyl (C=O) groups excluding carboxylic acids is 3. The molecule has 1 aromatic heterocycles. The van der Waals surface area contributed by atoms with Crippen LogP contribution in [0.5, 0.6) is 5.75 Å². The number of urea groups is 1. The lowest BCUT2D eigenvalue weighted by Gasteiger charge is -2.36. The van der Waals surface area contributed by atoms with Crippen LogP contribution in [-0.2, 0) is 16.0 Å². The Hall–Kier alpha value is -5.12. The average molecular weight is 581 g/mol. The van der Waals surface area contributed by atoms with Gasteiger partial charge >= 0.3 is 12.0 Å². The number of aromatic amines is 1. The van der Waals surface area contributed by atoms with E-state index >= 15 is 0 Å². The first-order valence-corrected chi connectivity index (χ1v) is 14.3. The standard InChI is InChI=1S/C33H32N4O6/c1-4-18(2)27(32(40)41)35-30(38)22-10-6-8-12-25(22)37-31(39)26-17-23-21-9-5-7-11-24(21)34-28(23)29(36(26)33(37)42)19-13-15-20(43-3)16-14-19/h5-16,18,26-27,29,34H,4,17H2,1-3H3,(H,35,38)(H,40,41)/t18-,26-,27-,29+/m0/s1. The van der Waals surface area contributed by atoms with Crippen LogP contribution in [0.1, 0.15) is 53.5 Å². The second kappa shape index (κ2) is 10.9. The summed E-state index contributed by atoms with van der Waals surface area (Å²) in [7, 11) is 1.58. The molecular formula is C33H32N4O6. The number of carbonyl (C=O) groups is 4. The van der Waals surface area contributed by atoms with E-state index in [4.69, 9.17) is 4.74 Å². The number of amides is 4. The number of aliphatic carboxylic acids is 1. The van der Waals surface area contributed by atoms with Gasteiger partial charge in [0, 0.05) is 23.0 Å². The van der Waals surface area contributed by atoms with Gasteiger partial charge < -0.3 is 20.1 Å². The molecule has 1 saturated heterocycles. The molecule has 3 N–H and O–H groups in total. The van der Waals surface area contributed by atoms with Crippen LogP contribution in [0.2, 0.25) is 0 Å². The minimum absolute atomic E-state index is 0.0450. The predicted octanol–water partition coefficient (Wildman–Crippen LogP) is 4.89. The minimum Gasteiger partial charge on any atom is -0.497 e. The Balaban J connectivity index is 1.43. The maximum absolute atomic E-state index is 14.3. The van der Waals surface area contributed by atoms with E-state index in [9.17, 15) is 24.3 Å². The molecule has 0 unspecified atom stereocenters. The van der Waals surface area contributed by atoms with Gasteiger partial charge in [-0.2, -0.15) is 0 Å². The van der Waals surface area contributed by atoms with Crippen molar-refractivity contribution in [1.29, 1.82) is 0 Å². The molecule has 10 nitrogen and oxygen atoms in total. The zero-order valence-corrected chi connectivity index (χ0v) is 24.0. The van der Waals surface area contributed by atoms with Gasteiger partial charge in [0.2, 0.25) is 0 Å². The number of carboxylic acids is 1. The molecule has 0 bridgehead atoms. The van der Waals surface area contributed by atoms with Gasteiger partial charge in [0.05, 0.1) is 18.4 Å². The molecule has 0 radical (unpaired) electrons. The monoisotopic (exact) mass is 580 g/mol. The van der Waals surface area contributed by atoms with Crippen LogP contribution >= 0.6 is 0 Å². The molecular weight excluding hydrogens is 548 g/mol. The van der Waals surface area contributed by atoms with Crippen molar-refractivity contribution in [3.05, 3.63) is 95.2 Å². The molecule has 3 heterocycles. The number of rotatable bonds is 8. The molecule has 0 aliphatic carbocycles. The second-order valence-electron chi connectivity index (χ2n) is 11.0. The largest absolute Gasteiger partial charge is 0.497 e. The Morgan fingerprint density at radius 2 is 1.74 bits per heavy atom. The van der Waals surface area contributed by atoms with Crippen molar-refractivity contribution in [2.75, 3.05) is 12.0 Å². The summed E-state index contributed by atoms with van der Waals surface area (Å²) in [5.74, 6) is -1.93. The van der Waals surface area contributed by atoms with Gasteiger partial charge in [-0.15, -0.1) is 0 Å². The molecule has 4 aromatic rings. The predicted molar refractivity (Wildman–Crippen MR) is 160 cm³/mol. The summed E-state index contributed by atoms with van der Waals surface area (Å²) in [6.45, 7) is 3.59. The van der Waals surface area contributed by atoms with Gasteiger partial charge in [0.25, 0.3) is 11.8 Å². The highest BCUT2D eigenvalue weighted by Gasteiger charge is 2.53. The maximum atomic E-state index is 14.3. The van der Waals surface area contributed by atoms with Crippen LogP contribution < -0.4 is 15.0 Å². The number of anilines is 1. The lowest BCUT2D eigenvalue weighted by Crippen LogP contribution is -2.45. The lowest BCUT2D eigenvalue weighted by atomic mass is 9.89. The van der Waals surface area contributed by atoms with E-state index in [1.165, 1.54) is 6.07 Å². The van der Waals surface area contributed by atoms with Gasteiger partial charge in [0.1, 0.15) is 23.9 Å². The number of benzene rings is 3. The summed E-state index contributed by atoms with van der Waals surface area (Å²) in [6, 6.07) is 18.4. The summed E-state index contributed by atoms with van der Waals surface area (Å²) < 4.78 is 5.35. The number of ether oxygens (including phenoxy) is 1. The van der Waals surface area contributed by atoms with Crippen LogP contribution in [-0.4, -0.2) is 58.0 Å². The summed E-state index contributed by atoms with van der Waals surface area (Å²) in [5.41, 5.74) is 3.66. The van der Waals surface area contributed by atoms with E-state index in [1.54, 1.807) is 37.1 Å². The topological polar surface area (TPSA) is 132 Å². The molecule has 2 aliphatic rings. The normalized spacial score (nSPS) is 19.1. The zero-order valence-electron chi connectivity index (χ0n) is 24.0. The first-order chi connectivity index (χ1) is 20.7. The van der Waals surface area contributed by atoms with Crippen molar-refractivity contribution in [2.45, 2.75) is 44.8 Å². The third-order valence-corrected chi connectivity index (χ3v) is 8.64. The van der Waals surface area contributed by atoms with Gasteiger partial charge in [-0.05, 0) is 47.4 Å². The molecule has 10 heteroatoms. The van der Waals surface area contributed by atoms with Crippen LogP contribution in [0.25, 0.3) is 10.9 Å². The minimum atomic E-state index is -1.15. The highest BCUT2D eigenvalue weighted by molar-refractivity contribution is 6.24. The Morgan fingerprint density at radius 3 is 2.44 bits per heavy atom. The molecule has 2 aliphatic heterocycles. The zero-order chi connectivity index (χ0) is 30.4. The summed E-state index contributed by atoms with van der Waals surface area (Å²) >= 11 is 0. The number of fused-ring (bicyclic) bond motifs is 4. The Bertz CT molecular complexity index is 1750.